The molecule has 1 N–H and O–H groups in total. The minimum atomic E-state index is -0.379. The normalized spacial score (nSPS) is 11.3. The van der Waals surface area contributed by atoms with E-state index in [2.05, 4.69) is 41.5 Å². The van der Waals surface area contributed by atoms with Gasteiger partial charge in [-0.05, 0) is 57.7 Å². The zero-order valence-corrected chi connectivity index (χ0v) is 21.1. The van der Waals surface area contributed by atoms with Gasteiger partial charge in [-0.3, -0.25) is 0 Å². The summed E-state index contributed by atoms with van der Waals surface area (Å²) >= 11 is 3.82. The van der Waals surface area contributed by atoms with Gasteiger partial charge in [-0.25, -0.2) is 9.78 Å². The predicted octanol–water partition coefficient (Wildman–Crippen LogP) is 5.29. The Morgan fingerprint density at radius 2 is 1.94 bits per heavy atom. The molecule has 0 radical (unpaired) electrons. The quantitative estimate of drug-likeness (QED) is 0.282. The number of ether oxygens (including phenoxy) is 1. The Morgan fingerprint density at radius 1 is 1.14 bits per heavy atom. The smallest absolute Gasteiger partial charge is 0.356 e. The summed E-state index contributed by atoms with van der Waals surface area (Å²) in [6.45, 7) is 6.37. The first-order valence-corrected chi connectivity index (χ1v) is 12.1. The summed E-state index contributed by atoms with van der Waals surface area (Å²) in [6.07, 6.45) is 4.04. The van der Waals surface area contributed by atoms with Crippen LogP contribution in [0.25, 0.3) is 33.6 Å². The third kappa shape index (κ3) is 3.93. The highest BCUT2D eigenvalue weighted by atomic mass is 79.9. The number of tetrazole rings is 1. The highest BCUT2D eigenvalue weighted by Crippen LogP contribution is 2.48. The highest BCUT2D eigenvalue weighted by Gasteiger charge is 2.29. The maximum atomic E-state index is 12.9. The monoisotopic (exact) mass is 534 g/mol. The highest BCUT2D eigenvalue weighted by molar-refractivity contribution is 9.10. The number of hydrogen-bond donors (Lipinski definition) is 1. The van der Waals surface area contributed by atoms with Crippen molar-refractivity contribution in [3.8, 4) is 33.6 Å². The summed E-state index contributed by atoms with van der Waals surface area (Å²) in [5.41, 5.74) is 6.78. The molecule has 1 aromatic carbocycles. The van der Waals surface area contributed by atoms with Crippen molar-refractivity contribution in [2.75, 3.05) is 6.61 Å². The Balaban J connectivity index is 1.76. The van der Waals surface area contributed by atoms with Crippen molar-refractivity contribution in [3.05, 3.63) is 70.1 Å². The van der Waals surface area contributed by atoms with Crippen LogP contribution in [0.4, 0.5) is 0 Å². The maximum Gasteiger partial charge on any atom is 0.356 e. The fraction of sp³-hybridized carbons (Fsp3) is 0.240. The van der Waals surface area contributed by atoms with Crippen LogP contribution in [0.15, 0.2) is 51.7 Å². The molecular weight excluding hydrogens is 512 g/mol. The minimum Gasteiger partial charge on any atom is -0.472 e. The van der Waals surface area contributed by atoms with Crippen LogP contribution in [0.3, 0.4) is 0 Å². The van der Waals surface area contributed by atoms with Gasteiger partial charge in [0.15, 0.2) is 5.69 Å². The van der Waals surface area contributed by atoms with Crippen LogP contribution < -0.4 is 0 Å². The lowest BCUT2D eigenvalue weighted by molar-refractivity contribution is 0.0513. The van der Waals surface area contributed by atoms with E-state index >= 15 is 0 Å². The molecule has 2 aliphatic rings. The third-order valence-electron chi connectivity index (χ3n) is 5.98. The number of H-pyrrole nitrogens is 1. The molecule has 178 valence electrons. The summed E-state index contributed by atoms with van der Waals surface area (Å²) in [4.78, 5) is 17.6. The van der Waals surface area contributed by atoms with E-state index in [4.69, 9.17) is 9.15 Å². The van der Waals surface area contributed by atoms with Crippen LogP contribution in [-0.4, -0.2) is 42.8 Å². The molecule has 0 bridgehead atoms. The number of benzene rings is 1. The minimum absolute atomic E-state index is 0.292. The number of aromatic amines is 1. The van der Waals surface area contributed by atoms with Crippen molar-refractivity contribution < 1.29 is 13.9 Å². The average Bonchev–Trinajstić information content (AvgIpc) is 3.57. The first-order valence-electron chi connectivity index (χ1n) is 11.3. The Hall–Kier alpha value is -3.79. The van der Waals surface area contributed by atoms with E-state index in [1.807, 2.05) is 48.7 Å². The number of carbonyl (C=O) groups is 1. The molecule has 1 aliphatic carbocycles. The van der Waals surface area contributed by atoms with E-state index in [-0.39, 0.29) is 5.97 Å². The topological polar surface area (TPSA) is 112 Å². The molecule has 10 heteroatoms. The largest absolute Gasteiger partial charge is 0.472 e. The van der Waals surface area contributed by atoms with Gasteiger partial charge in [-0.15, -0.1) is 10.2 Å². The van der Waals surface area contributed by atoms with E-state index < -0.39 is 0 Å². The summed E-state index contributed by atoms with van der Waals surface area (Å²) < 4.78 is 13.7. The second-order valence-electron chi connectivity index (χ2n) is 7.95. The lowest BCUT2D eigenvalue weighted by Crippen LogP contribution is -2.16. The number of nitrogens with one attached hydrogen (secondary N) is 1. The van der Waals surface area contributed by atoms with Gasteiger partial charge in [0.25, 0.3) is 0 Å². The SMILES string of the molecule is CCOC(=O)c1c(C)nc(CC)n1Cc1c2ccocc-2c(Br)c1-c1ccccc1-c1nn[nH]n1. The number of carbonyl (C=O) groups excluding carboxylic acids is 1. The number of imidazole rings is 1. The molecule has 0 unspecified atom stereocenters. The van der Waals surface area contributed by atoms with Gasteiger partial charge in [0.1, 0.15) is 5.82 Å². The molecule has 35 heavy (non-hydrogen) atoms. The van der Waals surface area contributed by atoms with Gasteiger partial charge in [0, 0.05) is 27.6 Å². The summed E-state index contributed by atoms with van der Waals surface area (Å²) in [6, 6.07) is 9.84. The fourth-order valence-corrected chi connectivity index (χ4v) is 5.27. The Kier molecular flexibility index (Phi) is 6.21. The first-order chi connectivity index (χ1) is 17.0. The van der Waals surface area contributed by atoms with Gasteiger partial charge in [-0.2, -0.15) is 5.21 Å². The molecule has 2 aromatic heterocycles. The molecule has 0 saturated heterocycles. The fourth-order valence-electron chi connectivity index (χ4n) is 4.51. The number of aromatic nitrogens is 6. The lowest BCUT2D eigenvalue weighted by Gasteiger charge is -2.15. The van der Waals surface area contributed by atoms with Crippen molar-refractivity contribution in [1.29, 1.82) is 0 Å². The zero-order valence-electron chi connectivity index (χ0n) is 19.5. The van der Waals surface area contributed by atoms with E-state index in [9.17, 15) is 4.79 Å². The van der Waals surface area contributed by atoms with Crippen molar-refractivity contribution in [2.24, 2.45) is 0 Å². The van der Waals surface area contributed by atoms with Crippen molar-refractivity contribution in [2.45, 2.75) is 33.7 Å². The maximum absolute atomic E-state index is 12.9. The molecule has 0 spiro atoms. The van der Waals surface area contributed by atoms with Crippen LogP contribution in [0.1, 0.15) is 41.4 Å². The molecule has 5 rings (SSSR count). The molecule has 0 fully saturated rings. The molecule has 1 aliphatic heterocycles. The summed E-state index contributed by atoms with van der Waals surface area (Å²) in [5, 5.41) is 14.7. The van der Waals surface area contributed by atoms with E-state index in [0.717, 1.165) is 43.7 Å². The van der Waals surface area contributed by atoms with Gasteiger partial charge in [0.2, 0.25) is 5.82 Å². The van der Waals surface area contributed by atoms with E-state index in [0.29, 0.717) is 36.8 Å². The lowest BCUT2D eigenvalue weighted by atomic mass is 9.97. The number of hydrogen-bond acceptors (Lipinski definition) is 7. The third-order valence-corrected chi connectivity index (χ3v) is 6.80. The number of esters is 1. The van der Waals surface area contributed by atoms with Crippen molar-refractivity contribution in [3.63, 3.8) is 0 Å². The molecule has 3 aromatic rings. The van der Waals surface area contributed by atoms with E-state index in [1.54, 1.807) is 19.5 Å². The number of fused-ring (bicyclic) bond motifs is 1. The number of nitrogens with zero attached hydrogens (tertiary/aromatic N) is 5. The van der Waals surface area contributed by atoms with Gasteiger partial charge in [-0.1, -0.05) is 31.2 Å². The molecular formula is C25H23BrN6O3. The Bertz CT molecular complexity index is 1470. The number of rotatable bonds is 7. The average molecular weight is 535 g/mol. The second kappa shape index (κ2) is 9.46. The number of halogens is 1. The van der Waals surface area contributed by atoms with Crippen LogP contribution in [0.5, 0.6) is 0 Å². The molecule has 0 amide bonds. The molecule has 9 nitrogen and oxygen atoms in total. The molecule has 0 atom stereocenters. The Labute approximate surface area is 210 Å². The number of aryl methyl sites for hydroxylation is 2. The molecule has 0 saturated carbocycles. The van der Waals surface area contributed by atoms with Gasteiger partial charge in [0.05, 0.1) is 31.4 Å². The standard InChI is InChI=1S/C25H23BrN6O3/c1-4-20-27-14(3)23(25(33)35-5-2)32(20)12-18-15-10-11-34-13-19(15)22(26)21(18)16-8-6-7-9-17(16)24-28-30-31-29-24/h6-11,13H,4-5,12H2,1-3H3,(H,28,29,30,31). The van der Waals surface area contributed by atoms with Crippen LogP contribution in [0.2, 0.25) is 0 Å². The zero-order chi connectivity index (χ0) is 24.5. The van der Waals surface area contributed by atoms with E-state index in [1.165, 1.54) is 0 Å². The van der Waals surface area contributed by atoms with Crippen LogP contribution in [-0.2, 0) is 17.7 Å². The van der Waals surface area contributed by atoms with Crippen molar-refractivity contribution in [1.82, 2.24) is 30.2 Å². The second-order valence-corrected chi connectivity index (χ2v) is 8.75. The van der Waals surface area contributed by atoms with Gasteiger partial charge >= 0.3 is 5.97 Å². The Morgan fingerprint density at radius 3 is 2.66 bits per heavy atom. The van der Waals surface area contributed by atoms with Crippen molar-refractivity contribution >= 4 is 21.9 Å². The molecule has 3 heterocycles. The first kappa shape index (κ1) is 23.0. The summed E-state index contributed by atoms with van der Waals surface area (Å²) in [7, 11) is 0. The summed E-state index contributed by atoms with van der Waals surface area (Å²) in [5.74, 6) is 0.929. The van der Waals surface area contributed by atoms with Crippen LogP contribution in [0, 0.1) is 6.92 Å². The van der Waals surface area contributed by atoms with Gasteiger partial charge < -0.3 is 13.7 Å². The van der Waals surface area contributed by atoms with Crippen LogP contribution >= 0.6 is 15.9 Å². The predicted molar refractivity (Wildman–Crippen MR) is 133 cm³/mol.